The molecule has 0 saturated carbocycles. The third kappa shape index (κ3) is 23.0. The fourth-order valence-electron chi connectivity index (χ4n) is 4.39. The third-order valence-corrected chi connectivity index (χ3v) is 8.97. The molecule has 0 spiro atoms. The van der Waals surface area contributed by atoms with Gasteiger partial charge in [-0.2, -0.15) is 0 Å². The van der Waals surface area contributed by atoms with Gasteiger partial charge in [-0.15, -0.1) is 0 Å². The Hall–Kier alpha value is 0.0569. The minimum absolute atomic E-state index is 0.332. The maximum absolute atomic E-state index is 10.3. The first kappa shape index (κ1) is 31.1. The van der Waals surface area contributed by atoms with E-state index in [1.807, 2.05) is 0 Å². The molecule has 0 aliphatic heterocycles. The molecule has 0 radical (unpaired) electrons. The smallest absolute Gasteiger partial charge is 0.332 e. The summed E-state index contributed by atoms with van der Waals surface area (Å²) in [6, 6.07) is 2.04. The van der Waals surface area contributed by atoms with Crippen molar-refractivity contribution in [2.75, 3.05) is 0 Å². The van der Waals surface area contributed by atoms with Crippen molar-refractivity contribution in [3.8, 4) is 0 Å². The van der Waals surface area contributed by atoms with Crippen LogP contribution in [0.1, 0.15) is 142 Å². The molecule has 0 aromatic rings. The van der Waals surface area contributed by atoms with Crippen molar-refractivity contribution in [3.63, 3.8) is 0 Å². The molecule has 0 rings (SSSR count). The lowest BCUT2D eigenvalue weighted by molar-refractivity contribution is 0.350. The minimum Gasteiger partial charge on any atom is -0.411 e. The third-order valence-electron chi connectivity index (χ3n) is 6.66. The molecular weight excluding hydrogens is 400 g/mol. The van der Waals surface area contributed by atoms with Crippen LogP contribution >= 0.6 is 0 Å². The highest BCUT2D eigenvalue weighted by molar-refractivity contribution is 6.64. The Balaban J connectivity index is 3.41. The number of nitrogens with two attached hydrogens (primary N) is 2. The van der Waals surface area contributed by atoms with Crippen LogP contribution in [-0.4, -0.2) is 30.2 Å². The molecule has 0 saturated heterocycles. The van der Waals surface area contributed by atoms with Gasteiger partial charge in [-0.05, 0) is 37.8 Å². The molecule has 5 heteroatoms. The summed E-state index contributed by atoms with van der Waals surface area (Å²) >= 11 is 0. The number of hydrogen-bond acceptors (Lipinski definition) is 4. The second-order valence-corrected chi connectivity index (χ2v) is 13.1. The van der Waals surface area contributed by atoms with E-state index in [1.165, 1.54) is 83.5 Å². The molecule has 6 N–H and O–H groups in total. The van der Waals surface area contributed by atoms with Crippen molar-refractivity contribution >= 4 is 8.56 Å². The highest BCUT2D eigenvalue weighted by atomic mass is 28.4. The Morgan fingerprint density at radius 3 is 1.16 bits per heavy atom. The number of rotatable bonds is 24. The van der Waals surface area contributed by atoms with E-state index in [0.717, 1.165) is 44.9 Å². The van der Waals surface area contributed by atoms with E-state index in [1.54, 1.807) is 0 Å². The zero-order valence-electron chi connectivity index (χ0n) is 21.3. The van der Waals surface area contributed by atoms with Crippen LogP contribution in [0.4, 0.5) is 0 Å². The first-order valence-corrected chi connectivity index (χ1v) is 16.2. The second-order valence-electron chi connectivity index (χ2n) is 10.1. The number of unbranched alkanes of at least 4 members (excludes halogenated alkanes) is 12. The fourth-order valence-corrected chi connectivity index (χ4v) is 6.27. The van der Waals surface area contributed by atoms with E-state index < -0.39 is 8.56 Å². The number of hydrogen-bond donors (Lipinski definition) is 4. The van der Waals surface area contributed by atoms with Gasteiger partial charge in [0.1, 0.15) is 0 Å². The summed E-state index contributed by atoms with van der Waals surface area (Å²) in [4.78, 5) is 20.6. The second kappa shape index (κ2) is 21.9. The van der Waals surface area contributed by atoms with Gasteiger partial charge in [0.05, 0.1) is 0 Å². The first-order chi connectivity index (χ1) is 14.9. The predicted molar refractivity (Wildman–Crippen MR) is 139 cm³/mol. The molecule has 0 heterocycles. The maximum atomic E-state index is 10.3. The molecule has 2 atom stereocenters. The largest absolute Gasteiger partial charge is 0.411 e. The lowest BCUT2D eigenvalue weighted by Gasteiger charge is -2.18. The van der Waals surface area contributed by atoms with E-state index in [0.29, 0.717) is 24.2 Å². The lowest BCUT2D eigenvalue weighted by atomic mass is 10.0. The molecule has 0 aromatic heterocycles. The van der Waals surface area contributed by atoms with Gasteiger partial charge in [0, 0.05) is 12.1 Å². The quantitative estimate of drug-likeness (QED) is 0.0933. The van der Waals surface area contributed by atoms with Crippen LogP contribution in [0, 0.1) is 0 Å². The molecule has 0 aromatic carbocycles. The minimum atomic E-state index is -2.95. The summed E-state index contributed by atoms with van der Waals surface area (Å²) in [5, 5.41) is 0. The van der Waals surface area contributed by atoms with Crippen molar-refractivity contribution in [2.24, 2.45) is 11.5 Å². The summed E-state index contributed by atoms with van der Waals surface area (Å²) in [7, 11) is -2.95. The van der Waals surface area contributed by atoms with Gasteiger partial charge in [0.15, 0.2) is 0 Å². The summed E-state index contributed by atoms with van der Waals surface area (Å²) in [6.45, 7) is 4.43. The van der Waals surface area contributed by atoms with Gasteiger partial charge in [0.25, 0.3) is 0 Å². The monoisotopic (exact) mass is 458 g/mol. The average Bonchev–Trinajstić information content (AvgIpc) is 2.74. The van der Waals surface area contributed by atoms with Crippen LogP contribution in [0.3, 0.4) is 0 Å². The highest BCUT2D eigenvalue weighted by Gasteiger charge is 2.27. The van der Waals surface area contributed by atoms with Crippen LogP contribution in [-0.2, 0) is 0 Å². The molecule has 0 fully saturated rings. The first-order valence-electron chi connectivity index (χ1n) is 13.9. The molecule has 188 valence electrons. The van der Waals surface area contributed by atoms with Crippen LogP contribution in [0.25, 0.3) is 0 Å². The van der Waals surface area contributed by atoms with Gasteiger partial charge in [-0.1, -0.05) is 117 Å². The summed E-state index contributed by atoms with van der Waals surface area (Å²) in [6.07, 6.45) is 24.0. The summed E-state index contributed by atoms with van der Waals surface area (Å²) in [5.41, 5.74) is 12.2. The Morgan fingerprint density at radius 2 is 0.774 bits per heavy atom. The molecule has 0 aliphatic carbocycles. The van der Waals surface area contributed by atoms with Crippen molar-refractivity contribution in [3.05, 3.63) is 0 Å². The fraction of sp³-hybridized carbons (Fsp3) is 1.00. The molecule has 0 bridgehead atoms. The summed E-state index contributed by atoms with van der Waals surface area (Å²) < 4.78 is 0. The van der Waals surface area contributed by atoms with E-state index in [-0.39, 0.29) is 0 Å². The van der Waals surface area contributed by atoms with E-state index >= 15 is 0 Å². The standard InChI is InChI=1S/C26H58N2O2Si/c1-3-5-19-25(27)21-15-12-10-8-7-9-11-13-17-23-31(29,30)24-18-14-16-22-26(28)20-6-4-2/h25-26,29-30H,3-24,27-28H2,1-2H3. The Kier molecular flexibility index (Phi) is 21.9. The van der Waals surface area contributed by atoms with Crippen molar-refractivity contribution in [2.45, 2.75) is 166 Å². The Bertz CT molecular complexity index is 369. The lowest BCUT2D eigenvalue weighted by Crippen LogP contribution is -2.34. The van der Waals surface area contributed by atoms with E-state index in [9.17, 15) is 9.59 Å². The maximum Gasteiger partial charge on any atom is 0.332 e. The molecule has 0 aliphatic rings. The normalized spacial score (nSPS) is 14.1. The van der Waals surface area contributed by atoms with Gasteiger partial charge in [-0.25, -0.2) is 0 Å². The summed E-state index contributed by atoms with van der Waals surface area (Å²) in [5.74, 6) is 0. The predicted octanol–water partition coefficient (Wildman–Crippen LogP) is 6.91. The van der Waals surface area contributed by atoms with Gasteiger partial charge in [-0.3, -0.25) is 0 Å². The Labute approximate surface area is 196 Å². The van der Waals surface area contributed by atoms with Gasteiger partial charge < -0.3 is 21.1 Å². The molecule has 2 unspecified atom stereocenters. The van der Waals surface area contributed by atoms with Crippen LogP contribution < -0.4 is 11.5 Å². The van der Waals surface area contributed by atoms with E-state index in [2.05, 4.69) is 13.8 Å². The zero-order valence-corrected chi connectivity index (χ0v) is 22.3. The topological polar surface area (TPSA) is 92.5 Å². The molecular formula is C26H58N2O2Si. The highest BCUT2D eigenvalue weighted by Crippen LogP contribution is 2.20. The molecule has 0 amide bonds. The van der Waals surface area contributed by atoms with Crippen molar-refractivity contribution in [1.29, 1.82) is 0 Å². The van der Waals surface area contributed by atoms with Crippen molar-refractivity contribution in [1.82, 2.24) is 0 Å². The van der Waals surface area contributed by atoms with E-state index in [4.69, 9.17) is 11.5 Å². The molecule has 4 nitrogen and oxygen atoms in total. The zero-order chi connectivity index (χ0) is 23.2. The van der Waals surface area contributed by atoms with Gasteiger partial charge >= 0.3 is 8.56 Å². The van der Waals surface area contributed by atoms with Gasteiger partial charge in [0.2, 0.25) is 0 Å². The SMILES string of the molecule is CCCCC(N)CCCCCCCCCCC[Si](O)(O)CCCCCC(N)CCCC. The van der Waals surface area contributed by atoms with Crippen LogP contribution in [0.5, 0.6) is 0 Å². The average molecular weight is 459 g/mol. The van der Waals surface area contributed by atoms with Crippen molar-refractivity contribution < 1.29 is 9.59 Å². The Morgan fingerprint density at radius 1 is 0.484 bits per heavy atom. The van der Waals surface area contributed by atoms with Crippen LogP contribution in [0.2, 0.25) is 12.1 Å². The molecule has 31 heavy (non-hydrogen) atoms. The van der Waals surface area contributed by atoms with Crippen LogP contribution in [0.15, 0.2) is 0 Å².